The van der Waals surface area contributed by atoms with Gasteiger partial charge in [-0.15, -0.1) is 0 Å². The molecule has 176 valence electrons. The summed E-state index contributed by atoms with van der Waals surface area (Å²) >= 11 is 6.35. The number of nitriles is 1. The molecule has 2 aromatic rings. The number of carbonyl (C=O) groups excluding carboxylic acids is 2. The molecule has 0 atom stereocenters. The lowest BCUT2D eigenvalue weighted by Crippen LogP contribution is -2.36. The topological polar surface area (TPSA) is 95.2 Å². The Morgan fingerprint density at radius 2 is 1.91 bits per heavy atom. The summed E-state index contributed by atoms with van der Waals surface area (Å²) < 4.78 is 1.19. The molecule has 2 aliphatic rings. The standard InChI is InChI=1S/C26H27ClN4O3/c1-16-19(9-18-5-7-31(8-6-18)25(33)10-17-3-4-17)11-21(27)14-23(16)29-26(34)20-12-22(15-28)30(2)24(32)13-20/h9,11-14,17H,3-8,10H2,1-2H3,(H,29,34). The van der Waals surface area contributed by atoms with E-state index in [1.165, 1.54) is 42.2 Å². The van der Waals surface area contributed by atoms with Crippen molar-refractivity contribution in [2.45, 2.75) is 39.0 Å². The quantitative estimate of drug-likeness (QED) is 0.693. The molecule has 2 fully saturated rings. The van der Waals surface area contributed by atoms with E-state index in [2.05, 4.69) is 11.4 Å². The van der Waals surface area contributed by atoms with Gasteiger partial charge in [0.15, 0.2) is 0 Å². The predicted molar refractivity (Wildman–Crippen MR) is 132 cm³/mol. The van der Waals surface area contributed by atoms with Gasteiger partial charge in [0.2, 0.25) is 5.91 Å². The Labute approximate surface area is 203 Å². The van der Waals surface area contributed by atoms with Crippen molar-refractivity contribution in [3.05, 3.63) is 67.6 Å². The van der Waals surface area contributed by atoms with Gasteiger partial charge in [-0.2, -0.15) is 5.26 Å². The third-order valence-corrected chi connectivity index (χ3v) is 6.80. The first-order valence-corrected chi connectivity index (χ1v) is 11.8. The average Bonchev–Trinajstić information content (AvgIpc) is 3.63. The van der Waals surface area contributed by atoms with E-state index in [4.69, 9.17) is 11.6 Å². The number of rotatable bonds is 5. The van der Waals surface area contributed by atoms with Crippen molar-refractivity contribution in [1.29, 1.82) is 5.26 Å². The van der Waals surface area contributed by atoms with Crippen molar-refractivity contribution in [3.63, 3.8) is 0 Å². The fourth-order valence-corrected chi connectivity index (χ4v) is 4.38. The second-order valence-corrected chi connectivity index (χ2v) is 9.53. The van der Waals surface area contributed by atoms with Gasteiger partial charge in [-0.05, 0) is 67.9 Å². The van der Waals surface area contributed by atoms with Crippen LogP contribution in [0.5, 0.6) is 0 Å². The highest BCUT2D eigenvalue weighted by molar-refractivity contribution is 6.31. The smallest absolute Gasteiger partial charge is 0.255 e. The largest absolute Gasteiger partial charge is 0.342 e. The van der Waals surface area contributed by atoms with Gasteiger partial charge < -0.3 is 14.8 Å². The average molecular weight is 479 g/mol. The first-order chi connectivity index (χ1) is 16.2. The van der Waals surface area contributed by atoms with Crippen LogP contribution in [0.1, 0.15) is 59.3 Å². The van der Waals surface area contributed by atoms with Crippen molar-refractivity contribution in [3.8, 4) is 6.07 Å². The van der Waals surface area contributed by atoms with Crippen LogP contribution in [-0.2, 0) is 11.8 Å². The molecule has 4 rings (SSSR count). The number of nitrogens with zero attached hydrogens (tertiary/aromatic N) is 3. The Morgan fingerprint density at radius 1 is 1.21 bits per heavy atom. The first kappa shape index (κ1) is 23.8. The van der Waals surface area contributed by atoms with Gasteiger partial charge in [0.25, 0.3) is 11.5 Å². The maximum Gasteiger partial charge on any atom is 0.255 e. The van der Waals surface area contributed by atoms with E-state index in [1.807, 2.05) is 24.0 Å². The van der Waals surface area contributed by atoms with Crippen LogP contribution in [0.4, 0.5) is 5.69 Å². The van der Waals surface area contributed by atoms with Crippen LogP contribution in [0.15, 0.2) is 34.6 Å². The Hall–Kier alpha value is -3.37. The van der Waals surface area contributed by atoms with E-state index in [1.54, 1.807) is 6.07 Å². The summed E-state index contributed by atoms with van der Waals surface area (Å²) in [7, 11) is 1.48. The van der Waals surface area contributed by atoms with E-state index < -0.39 is 11.5 Å². The molecule has 1 aliphatic carbocycles. The van der Waals surface area contributed by atoms with Crippen LogP contribution in [0.25, 0.3) is 6.08 Å². The first-order valence-electron chi connectivity index (χ1n) is 11.4. The molecule has 8 heteroatoms. The molecule has 2 amide bonds. The SMILES string of the molecule is Cc1c(C=C2CCN(C(=O)CC3CC3)CC2)cc(Cl)cc1NC(=O)c1cc(C#N)n(C)c(=O)c1. The molecule has 34 heavy (non-hydrogen) atoms. The molecule has 0 unspecified atom stereocenters. The third-order valence-electron chi connectivity index (χ3n) is 6.58. The highest BCUT2D eigenvalue weighted by Crippen LogP contribution is 2.34. The molecule has 0 spiro atoms. The summed E-state index contributed by atoms with van der Waals surface area (Å²) in [5.41, 5.74) is 3.32. The highest BCUT2D eigenvalue weighted by atomic mass is 35.5. The number of nitrogens with one attached hydrogen (secondary N) is 1. The molecule has 1 saturated heterocycles. The van der Waals surface area contributed by atoms with Gasteiger partial charge in [-0.1, -0.05) is 23.3 Å². The number of hydrogen-bond donors (Lipinski definition) is 1. The summed E-state index contributed by atoms with van der Waals surface area (Å²) in [6.07, 6.45) is 6.75. The van der Waals surface area contributed by atoms with Gasteiger partial charge in [-0.3, -0.25) is 14.4 Å². The Kier molecular flexibility index (Phi) is 6.90. The number of anilines is 1. The molecule has 7 nitrogen and oxygen atoms in total. The zero-order valence-corrected chi connectivity index (χ0v) is 20.1. The van der Waals surface area contributed by atoms with E-state index >= 15 is 0 Å². The minimum absolute atomic E-state index is 0.104. The zero-order chi connectivity index (χ0) is 24.4. The third kappa shape index (κ3) is 5.40. The molecule has 1 N–H and O–H groups in total. The van der Waals surface area contributed by atoms with Crippen molar-refractivity contribution < 1.29 is 9.59 Å². The van der Waals surface area contributed by atoms with Gasteiger partial charge in [0, 0.05) is 48.9 Å². The Morgan fingerprint density at radius 3 is 2.56 bits per heavy atom. The Bertz CT molecular complexity index is 1270. The second-order valence-electron chi connectivity index (χ2n) is 9.09. The summed E-state index contributed by atoms with van der Waals surface area (Å²) in [5.74, 6) is 0.374. The number of pyridine rings is 1. The molecule has 1 aliphatic heterocycles. The summed E-state index contributed by atoms with van der Waals surface area (Å²) in [6.45, 7) is 3.35. The van der Waals surface area contributed by atoms with Gasteiger partial charge in [0.1, 0.15) is 11.8 Å². The lowest BCUT2D eigenvalue weighted by Gasteiger charge is -2.29. The number of hydrogen-bond acceptors (Lipinski definition) is 4. The van der Waals surface area contributed by atoms with E-state index in [0.717, 1.165) is 37.1 Å². The van der Waals surface area contributed by atoms with Crippen molar-refractivity contribution in [2.24, 2.45) is 13.0 Å². The monoisotopic (exact) mass is 478 g/mol. The van der Waals surface area contributed by atoms with E-state index in [-0.39, 0.29) is 17.2 Å². The van der Waals surface area contributed by atoms with Crippen LogP contribution in [-0.4, -0.2) is 34.4 Å². The minimum Gasteiger partial charge on any atom is -0.342 e. The van der Waals surface area contributed by atoms with Crippen LogP contribution in [0, 0.1) is 24.2 Å². The highest BCUT2D eigenvalue weighted by Gasteiger charge is 2.28. The fraction of sp³-hybridized carbons (Fsp3) is 0.385. The molecule has 0 radical (unpaired) electrons. The van der Waals surface area contributed by atoms with Gasteiger partial charge >= 0.3 is 0 Å². The van der Waals surface area contributed by atoms with Gasteiger partial charge in [0.05, 0.1) is 0 Å². The van der Waals surface area contributed by atoms with Crippen LogP contribution in [0.3, 0.4) is 0 Å². The number of amides is 2. The molecule has 1 saturated carbocycles. The number of aromatic nitrogens is 1. The van der Waals surface area contributed by atoms with Crippen molar-refractivity contribution in [1.82, 2.24) is 9.47 Å². The van der Waals surface area contributed by atoms with E-state index in [9.17, 15) is 19.6 Å². The predicted octanol–water partition coefficient (Wildman–Crippen LogP) is 4.28. The van der Waals surface area contributed by atoms with Gasteiger partial charge in [-0.25, -0.2) is 0 Å². The lowest BCUT2D eigenvalue weighted by atomic mass is 9.97. The lowest BCUT2D eigenvalue weighted by molar-refractivity contribution is -0.132. The second kappa shape index (κ2) is 9.86. The number of likely N-dealkylation sites (tertiary alicyclic amines) is 1. The molecule has 1 aromatic heterocycles. The van der Waals surface area contributed by atoms with Crippen LogP contribution < -0.4 is 10.9 Å². The maximum absolute atomic E-state index is 12.8. The molecule has 0 bridgehead atoms. The summed E-state index contributed by atoms with van der Waals surface area (Å²) in [5, 5.41) is 12.5. The number of piperidine rings is 1. The van der Waals surface area contributed by atoms with E-state index in [0.29, 0.717) is 23.0 Å². The molecule has 2 heterocycles. The number of benzene rings is 1. The number of carbonyl (C=O) groups is 2. The molecular formula is C26H27ClN4O3. The van der Waals surface area contributed by atoms with Crippen molar-refractivity contribution >= 4 is 35.2 Å². The van der Waals surface area contributed by atoms with Crippen LogP contribution >= 0.6 is 11.6 Å². The number of halogens is 1. The fourth-order valence-electron chi connectivity index (χ4n) is 4.15. The summed E-state index contributed by atoms with van der Waals surface area (Å²) in [6, 6.07) is 8.04. The maximum atomic E-state index is 12.8. The molecular weight excluding hydrogens is 452 g/mol. The van der Waals surface area contributed by atoms with Crippen LogP contribution in [0.2, 0.25) is 5.02 Å². The zero-order valence-electron chi connectivity index (χ0n) is 19.4. The minimum atomic E-state index is -0.486. The normalized spacial score (nSPS) is 15.6. The summed E-state index contributed by atoms with van der Waals surface area (Å²) in [4.78, 5) is 39.2. The Balaban J connectivity index is 1.50. The van der Waals surface area contributed by atoms with Crippen molar-refractivity contribution in [2.75, 3.05) is 18.4 Å². The molecule has 1 aromatic carbocycles.